The highest BCUT2D eigenvalue weighted by atomic mass is 79.9. The molecule has 0 spiro atoms. The third-order valence-electron chi connectivity index (χ3n) is 2.45. The number of aromatic nitrogens is 1. The van der Waals surface area contributed by atoms with Crippen molar-refractivity contribution in [2.24, 2.45) is 0 Å². The molecule has 0 aliphatic rings. The third kappa shape index (κ3) is 3.85. The number of hydrogen-bond acceptors (Lipinski definition) is 2. The van der Waals surface area contributed by atoms with E-state index in [1.54, 1.807) is 24.3 Å². The number of amides is 1. The first-order valence-electron chi connectivity index (χ1n) is 5.56. The zero-order valence-electron chi connectivity index (χ0n) is 10.1. The monoisotopic (exact) mass is 374 g/mol. The third-order valence-corrected chi connectivity index (χ3v) is 3.46. The normalized spacial score (nSPS) is 10.3. The molecule has 1 aromatic carbocycles. The first kappa shape index (κ1) is 15.1. The Balaban J connectivity index is 2.12. The highest BCUT2D eigenvalue weighted by molar-refractivity contribution is 9.10. The van der Waals surface area contributed by atoms with Gasteiger partial charge in [-0.05, 0) is 30.3 Å². The van der Waals surface area contributed by atoms with Gasteiger partial charge in [0.25, 0.3) is 5.56 Å². The molecule has 0 atom stereocenters. The van der Waals surface area contributed by atoms with Crippen molar-refractivity contribution < 1.29 is 4.79 Å². The number of nitrogens with zero attached hydrogens (tertiary/aromatic N) is 1. The maximum atomic E-state index is 11.9. The predicted octanol–water partition coefficient (Wildman–Crippen LogP) is 3.56. The minimum atomic E-state index is -0.456. The Hall–Kier alpha value is -1.30. The molecule has 7 heteroatoms. The van der Waals surface area contributed by atoms with Crippen LogP contribution >= 0.6 is 39.1 Å². The van der Waals surface area contributed by atoms with Gasteiger partial charge in [0.05, 0.1) is 5.02 Å². The van der Waals surface area contributed by atoms with Gasteiger partial charge in [0, 0.05) is 16.4 Å². The van der Waals surface area contributed by atoms with E-state index in [9.17, 15) is 9.59 Å². The molecule has 104 valence electrons. The smallest absolute Gasteiger partial charge is 0.269 e. The summed E-state index contributed by atoms with van der Waals surface area (Å²) < 4.78 is 2.08. The van der Waals surface area contributed by atoms with E-state index in [-0.39, 0.29) is 17.5 Å². The molecule has 0 aliphatic heterocycles. The van der Waals surface area contributed by atoms with E-state index in [1.165, 1.54) is 16.8 Å². The molecule has 0 aliphatic carbocycles. The number of halogens is 3. The second-order valence-electron chi connectivity index (χ2n) is 3.99. The fraction of sp³-hybridized carbons (Fsp3) is 0.0769. The molecule has 2 aromatic rings. The lowest BCUT2D eigenvalue weighted by atomic mass is 10.3. The predicted molar refractivity (Wildman–Crippen MR) is 83.5 cm³/mol. The van der Waals surface area contributed by atoms with Crippen molar-refractivity contribution in [3.05, 3.63) is 61.4 Å². The Labute approximate surface area is 133 Å². The van der Waals surface area contributed by atoms with Crippen LogP contribution in [0.1, 0.15) is 0 Å². The number of anilines is 1. The van der Waals surface area contributed by atoms with Crippen LogP contribution in [0.5, 0.6) is 0 Å². The standard InChI is InChI=1S/C13H9BrCl2N2O2/c14-8-1-3-10(4-2-8)17-12(19)7-18-6-9(15)5-11(16)13(18)20/h1-6H,7H2,(H,17,19). The van der Waals surface area contributed by atoms with Crippen LogP contribution in [0.3, 0.4) is 0 Å². The molecule has 0 fully saturated rings. The minimum Gasteiger partial charge on any atom is -0.325 e. The van der Waals surface area contributed by atoms with Crippen molar-refractivity contribution in [3.63, 3.8) is 0 Å². The van der Waals surface area contributed by atoms with E-state index < -0.39 is 5.56 Å². The van der Waals surface area contributed by atoms with Gasteiger partial charge in [-0.3, -0.25) is 9.59 Å². The molecule has 0 radical (unpaired) electrons. The Morgan fingerprint density at radius 1 is 1.25 bits per heavy atom. The SMILES string of the molecule is O=C(Cn1cc(Cl)cc(Cl)c1=O)Nc1ccc(Br)cc1. The van der Waals surface area contributed by atoms with E-state index in [0.29, 0.717) is 10.7 Å². The summed E-state index contributed by atoms with van der Waals surface area (Å²) in [5.41, 5.74) is 0.182. The van der Waals surface area contributed by atoms with Gasteiger partial charge in [0.1, 0.15) is 11.6 Å². The number of hydrogen-bond donors (Lipinski definition) is 1. The Morgan fingerprint density at radius 2 is 1.90 bits per heavy atom. The molecule has 0 saturated heterocycles. The average Bonchev–Trinajstić information content (AvgIpc) is 2.38. The Kier molecular flexibility index (Phi) is 4.86. The van der Waals surface area contributed by atoms with Crippen molar-refractivity contribution in [1.29, 1.82) is 0 Å². The zero-order chi connectivity index (χ0) is 14.7. The van der Waals surface area contributed by atoms with Crippen LogP contribution < -0.4 is 10.9 Å². The first-order chi connectivity index (χ1) is 9.45. The number of benzene rings is 1. The van der Waals surface area contributed by atoms with Crippen molar-refractivity contribution >= 4 is 50.7 Å². The summed E-state index contributed by atoms with van der Waals surface area (Å²) in [6, 6.07) is 8.44. The summed E-state index contributed by atoms with van der Waals surface area (Å²) in [6.45, 7) is -0.158. The van der Waals surface area contributed by atoms with Gasteiger partial charge in [-0.1, -0.05) is 39.1 Å². The summed E-state index contributed by atoms with van der Waals surface area (Å²) in [4.78, 5) is 23.6. The van der Waals surface area contributed by atoms with Crippen molar-refractivity contribution in [2.75, 3.05) is 5.32 Å². The van der Waals surface area contributed by atoms with Crippen LogP contribution in [-0.4, -0.2) is 10.5 Å². The van der Waals surface area contributed by atoms with E-state index in [1.807, 2.05) is 0 Å². The van der Waals surface area contributed by atoms with Crippen LogP contribution in [0.15, 0.2) is 45.8 Å². The molecule has 0 saturated carbocycles. The summed E-state index contributed by atoms with van der Waals surface area (Å²) in [5.74, 6) is -0.340. The molecule has 1 amide bonds. The minimum absolute atomic E-state index is 0.0195. The molecule has 1 aromatic heterocycles. The van der Waals surface area contributed by atoms with Crippen molar-refractivity contribution in [1.82, 2.24) is 4.57 Å². The molecule has 1 N–H and O–H groups in total. The van der Waals surface area contributed by atoms with Crippen LogP contribution in [0, 0.1) is 0 Å². The summed E-state index contributed by atoms with van der Waals surface area (Å²) >= 11 is 14.8. The topological polar surface area (TPSA) is 51.1 Å². The Morgan fingerprint density at radius 3 is 2.55 bits per heavy atom. The molecular weight excluding hydrogens is 367 g/mol. The number of carbonyl (C=O) groups is 1. The number of carbonyl (C=O) groups excluding carboxylic acids is 1. The maximum Gasteiger partial charge on any atom is 0.269 e. The summed E-state index contributed by atoms with van der Waals surface area (Å²) in [5, 5.41) is 2.96. The largest absolute Gasteiger partial charge is 0.325 e. The summed E-state index contributed by atoms with van der Waals surface area (Å²) in [7, 11) is 0. The van der Waals surface area contributed by atoms with Crippen LogP contribution in [0.25, 0.3) is 0 Å². The van der Waals surface area contributed by atoms with Gasteiger partial charge in [-0.25, -0.2) is 0 Å². The van der Waals surface area contributed by atoms with Gasteiger partial charge in [-0.15, -0.1) is 0 Å². The quantitative estimate of drug-likeness (QED) is 0.891. The van der Waals surface area contributed by atoms with E-state index in [2.05, 4.69) is 21.2 Å². The van der Waals surface area contributed by atoms with Gasteiger partial charge < -0.3 is 9.88 Å². The molecule has 0 unspecified atom stereocenters. The van der Waals surface area contributed by atoms with Crippen LogP contribution in [0.4, 0.5) is 5.69 Å². The molecular formula is C13H9BrCl2N2O2. The lowest BCUT2D eigenvalue weighted by molar-refractivity contribution is -0.116. The maximum absolute atomic E-state index is 11.9. The molecule has 1 heterocycles. The van der Waals surface area contributed by atoms with Crippen LogP contribution in [0.2, 0.25) is 10.0 Å². The van der Waals surface area contributed by atoms with Crippen molar-refractivity contribution in [3.8, 4) is 0 Å². The van der Waals surface area contributed by atoms with Gasteiger partial charge in [0.15, 0.2) is 0 Å². The lowest BCUT2D eigenvalue weighted by Gasteiger charge is -2.08. The molecule has 4 nitrogen and oxygen atoms in total. The molecule has 2 rings (SSSR count). The highest BCUT2D eigenvalue weighted by Crippen LogP contribution is 2.14. The second kappa shape index (κ2) is 6.43. The van der Waals surface area contributed by atoms with Gasteiger partial charge in [-0.2, -0.15) is 0 Å². The second-order valence-corrected chi connectivity index (χ2v) is 5.75. The number of rotatable bonds is 3. The van der Waals surface area contributed by atoms with Gasteiger partial charge in [0.2, 0.25) is 5.91 Å². The number of pyridine rings is 1. The van der Waals surface area contributed by atoms with E-state index >= 15 is 0 Å². The summed E-state index contributed by atoms with van der Waals surface area (Å²) in [6.07, 6.45) is 1.37. The van der Waals surface area contributed by atoms with Crippen molar-refractivity contribution in [2.45, 2.75) is 6.54 Å². The fourth-order valence-corrected chi connectivity index (χ4v) is 2.34. The number of nitrogens with one attached hydrogen (secondary N) is 1. The lowest BCUT2D eigenvalue weighted by Crippen LogP contribution is -2.27. The fourth-order valence-electron chi connectivity index (χ4n) is 1.57. The first-order valence-corrected chi connectivity index (χ1v) is 7.11. The molecule has 0 bridgehead atoms. The highest BCUT2D eigenvalue weighted by Gasteiger charge is 2.08. The van der Waals surface area contributed by atoms with Crippen LogP contribution in [-0.2, 0) is 11.3 Å². The van der Waals surface area contributed by atoms with E-state index in [4.69, 9.17) is 23.2 Å². The zero-order valence-corrected chi connectivity index (χ0v) is 13.2. The average molecular weight is 376 g/mol. The molecule has 20 heavy (non-hydrogen) atoms. The Bertz CT molecular complexity index is 699. The van der Waals surface area contributed by atoms with E-state index in [0.717, 1.165) is 4.47 Å². The van der Waals surface area contributed by atoms with Gasteiger partial charge >= 0.3 is 0 Å².